The van der Waals surface area contributed by atoms with Crippen LogP contribution in [0.5, 0.6) is 0 Å². The van der Waals surface area contributed by atoms with Gasteiger partial charge in [-0.1, -0.05) is 23.3 Å². The first-order chi connectivity index (χ1) is 9.04. The zero-order chi connectivity index (χ0) is 13.8. The molecule has 19 heavy (non-hydrogen) atoms. The molecule has 0 aliphatic heterocycles. The Balaban J connectivity index is 2.05. The Hall–Kier alpha value is -1.61. The highest BCUT2D eigenvalue weighted by atomic mass is 32.2. The van der Waals surface area contributed by atoms with E-state index in [2.05, 4.69) is 0 Å². The van der Waals surface area contributed by atoms with Crippen LogP contribution in [0.2, 0.25) is 0 Å². The maximum Gasteiger partial charge on any atom is 0.173 e. The summed E-state index contributed by atoms with van der Waals surface area (Å²) in [5.41, 5.74) is 2.89. The normalized spacial score (nSPS) is 10.5. The fourth-order valence-corrected chi connectivity index (χ4v) is 2.76. The molecule has 2 rings (SSSR count). The van der Waals surface area contributed by atoms with Crippen LogP contribution in [0.15, 0.2) is 47.4 Å². The third kappa shape index (κ3) is 3.93. The summed E-state index contributed by atoms with van der Waals surface area (Å²) in [6.45, 7) is 3.95. The fraction of sp³-hybridized carbons (Fsp3) is 0.188. The molecule has 0 amide bonds. The van der Waals surface area contributed by atoms with Crippen molar-refractivity contribution < 1.29 is 9.18 Å². The van der Waals surface area contributed by atoms with Crippen LogP contribution < -0.4 is 0 Å². The third-order valence-electron chi connectivity index (χ3n) is 2.71. The molecule has 0 aromatic heterocycles. The van der Waals surface area contributed by atoms with E-state index in [0.29, 0.717) is 5.75 Å². The van der Waals surface area contributed by atoms with E-state index in [4.69, 9.17) is 0 Å². The fourth-order valence-electron chi connectivity index (χ4n) is 1.92. The Morgan fingerprint density at radius 1 is 1.11 bits per heavy atom. The Morgan fingerprint density at radius 3 is 2.42 bits per heavy atom. The number of benzene rings is 2. The number of rotatable bonds is 4. The summed E-state index contributed by atoms with van der Waals surface area (Å²) in [5.74, 6) is 0.122. The lowest BCUT2D eigenvalue weighted by Gasteiger charge is -2.04. The van der Waals surface area contributed by atoms with Crippen molar-refractivity contribution in [3.63, 3.8) is 0 Å². The van der Waals surface area contributed by atoms with Gasteiger partial charge in [0.25, 0.3) is 0 Å². The van der Waals surface area contributed by atoms with E-state index in [9.17, 15) is 9.18 Å². The summed E-state index contributed by atoms with van der Waals surface area (Å²) in [5, 5.41) is 0. The van der Waals surface area contributed by atoms with Gasteiger partial charge in [0.2, 0.25) is 0 Å². The maximum absolute atomic E-state index is 13.0. The van der Waals surface area contributed by atoms with Crippen LogP contribution >= 0.6 is 11.8 Å². The molecule has 3 heteroatoms. The van der Waals surface area contributed by atoms with Crippen LogP contribution in [0.25, 0.3) is 0 Å². The molecule has 0 aliphatic rings. The third-order valence-corrected chi connectivity index (χ3v) is 3.70. The number of thioether (sulfide) groups is 1. The van der Waals surface area contributed by atoms with Gasteiger partial charge in [-0.25, -0.2) is 4.39 Å². The van der Waals surface area contributed by atoms with Crippen LogP contribution in [0.4, 0.5) is 4.39 Å². The molecule has 0 heterocycles. The molecule has 0 fully saturated rings. The summed E-state index contributed by atoms with van der Waals surface area (Å²) >= 11 is 1.36. The van der Waals surface area contributed by atoms with Gasteiger partial charge >= 0.3 is 0 Å². The number of hydrogen-bond acceptors (Lipinski definition) is 2. The molecule has 98 valence electrons. The van der Waals surface area contributed by atoms with E-state index >= 15 is 0 Å². The number of halogens is 1. The molecular formula is C16H15FOS. The van der Waals surface area contributed by atoms with Crippen LogP contribution in [-0.4, -0.2) is 11.5 Å². The molecule has 1 nitrogen and oxygen atoms in total. The Bertz CT molecular complexity index is 587. The first kappa shape index (κ1) is 13.8. The van der Waals surface area contributed by atoms with Crippen molar-refractivity contribution in [2.24, 2.45) is 0 Å². The van der Waals surface area contributed by atoms with Gasteiger partial charge in [0.15, 0.2) is 5.78 Å². The second kappa shape index (κ2) is 6.02. The lowest BCUT2D eigenvalue weighted by molar-refractivity contribution is 0.102. The highest BCUT2D eigenvalue weighted by Gasteiger charge is 2.08. The quantitative estimate of drug-likeness (QED) is 0.606. The van der Waals surface area contributed by atoms with Crippen LogP contribution in [-0.2, 0) is 0 Å². The van der Waals surface area contributed by atoms with E-state index in [1.54, 1.807) is 6.07 Å². The monoisotopic (exact) mass is 274 g/mol. The first-order valence-electron chi connectivity index (χ1n) is 6.04. The van der Waals surface area contributed by atoms with Gasteiger partial charge in [0.1, 0.15) is 5.82 Å². The van der Waals surface area contributed by atoms with E-state index in [1.807, 2.05) is 38.1 Å². The molecule has 0 aliphatic carbocycles. The molecule has 0 radical (unpaired) electrons. The number of ketones is 1. The average Bonchev–Trinajstić information content (AvgIpc) is 2.35. The van der Waals surface area contributed by atoms with E-state index in [0.717, 1.165) is 21.6 Å². The summed E-state index contributed by atoms with van der Waals surface area (Å²) < 4.78 is 13.0. The second-order valence-electron chi connectivity index (χ2n) is 4.55. The predicted octanol–water partition coefficient (Wildman–Crippen LogP) is 4.42. The molecule has 0 N–H and O–H groups in total. The van der Waals surface area contributed by atoms with Gasteiger partial charge in [0.05, 0.1) is 5.75 Å². The van der Waals surface area contributed by atoms with E-state index in [-0.39, 0.29) is 11.6 Å². The lowest BCUT2D eigenvalue weighted by Crippen LogP contribution is -2.03. The van der Waals surface area contributed by atoms with E-state index in [1.165, 1.54) is 23.9 Å². The molecule has 2 aromatic carbocycles. The van der Waals surface area contributed by atoms with Gasteiger partial charge in [-0.15, -0.1) is 11.8 Å². The zero-order valence-electron chi connectivity index (χ0n) is 10.9. The summed E-state index contributed by atoms with van der Waals surface area (Å²) in [6.07, 6.45) is 0. The number of carbonyl (C=O) groups excluding carboxylic acids is 1. The molecule has 2 aromatic rings. The molecule has 0 unspecified atom stereocenters. The van der Waals surface area contributed by atoms with Crippen molar-refractivity contribution in [2.75, 3.05) is 5.75 Å². The molecular weight excluding hydrogens is 259 g/mol. The number of hydrogen-bond donors (Lipinski definition) is 0. The van der Waals surface area contributed by atoms with Gasteiger partial charge < -0.3 is 0 Å². The van der Waals surface area contributed by atoms with Crippen molar-refractivity contribution in [3.05, 3.63) is 65.0 Å². The predicted molar refractivity (Wildman–Crippen MR) is 77.4 cm³/mol. The smallest absolute Gasteiger partial charge is 0.173 e. The van der Waals surface area contributed by atoms with Gasteiger partial charge in [0, 0.05) is 10.5 Å². The van der Waals surface area contributed by atoms with Crippen molar-refractivity contribution >= 4 is 17.5 Å². The largest absolute Gasteiger partial charge is 0.293 e. The average molecular weight is 274 g/mol. The topological polar surface area (TPSA) is 17.1 Å². The molecule has 0 bridgehead atoms. The Morgan fingerprint density at radius 2 is 1.79 bits per heavy atom. The SMILES string of the molecule is Cc1cc(C)cc(C(=O)CSc2cccc(F)c2)c1. The van der Waals surface area contributed by atoms with Crippen LogP contribution in [0.3, 0.4) is 0 Å². The lowest BCUT2D eigenvalue weighted by atomic mass is 10.1. The first-order valence-corrected chi connectivity index (χ1v) is 7.03. The zero-order valence-corrected chi connectivity index (χ0v) is 11.8. The second-order valence-corrected chi connectivity index (χ2v) is 5.59. The maximum atomic E-state index is 13.0. The number of Topliss-reactive ketones (excluding diaryl/α,β-unsaturated/α-hetero) is 1. The van der Waals surface area contributed by atoms with Gasteiger partial charge in [-0.3, -0.25) is 4.79 Å². The van der Waals surface area contributed by atoms with Gasteiger partial charge in [-0.2, -0.15) is 0 Å². The minimum atomic E-state index is -0.274. The van der Waals surface area contributed by atoms with Crippen molar-refractivity contribution in [1.82, 2.24) is 0 Å². The minimum Gasteiger partial charge on any atom is -0.293 e. The Kier molecular flexibility index (Phi) is 4.38. The summed E-state index contributed by atoms with van der Waals surface area (Å²) in [4.78, 5) is 12.9. The van der Waals surface area contributed by atoms with Crippen molar-refractivity contribution in [3.8, 4) is 0 Å². The van der Waals surface area contributed by atoms with Crippen molar-refractivity contribution in [1.29, 1.82) is 0 Å². The highest BCUT2D eigenvalue weighted by molar-refractivity contribution is 8.00. The Labute approximate surface area is 116 Å². The highest BCUT2D eigenvalue weighted by Crippen LogP contribution is 2.20. The molecule has 0 atom stereocenters. The molecule has 0 saturated heterocycles. The molecule has 0 saturated carbocycles. The summed E-state index contributed by atoms with van der Waals surface area (Å²) in [7, 11) is 0. The van der Waals surface area contributed by atoms with Gasteiger partial charge in [-0.05, 0) is 44.2 Å². The van der Waals surface area contributed by atoms with E-state index < -0.39 is 0 Å². The number of aryl methyl sites for hydroxylation is 2. The van der Waals surface area contributed by atoms with Crippen LogP contribution in [0.1, 0.15) is 21.5 Å². The van der Waals surface area contributed by atoms with Crippen molar-refractivity contribution in [2.45, 2.75) is 18.7 Å². The minimum absolute atomic E-state index is 0.0704. The van der Waals surface area contributed by atoms with Crippen LogP contribution in [0, 0.1) is 19.7 Å². The standard InChI is InChI=1S/C16H15FOS/c1-11-6-12(2)8-13(7-11)16(18)10-19-15-5-3-4-14(17)9-15/h3-9H,10H2,1-2H3. The summed E-state index contributed by atoms with van der Waals surface area (Å²) in [6, 6.07) is 12.1. The molecule has 0 spiro atoms. The number of carbonyl (C=O) groups is 1.